The van der Waals surface area contributed by atoms with Crippen LogP contribution in [0.1, 0.15) is 30.9 Å². The number of benzene rings is 1. The van der Waals surface area contributed by atoms with Crippen molar-refractivity contribution in [3.63, 3.8) is 0 Å². The van der Waals surface area contributed by atoms with Crippen LogP contribution in [0.5, 0.6) is 0 Å². The second-order valence-corrected chi connectivity index (χ2v) is 5.07. The molecule has 2 heteroatoms. The summed E-state index contributed by atoms with van der Waals surface area (Å²) >= 11 is 3.51. The molecule has 0 N–H and O–H groups in total. The highest BCUT2D eigenvalue weighted by Crippen LogP contribution is 2.34. The van der Waals surface area contributed by atoms with Gasteiger partial charge in [0.15, 0.2) is 0 Å². The Balaban J connectivity index is 2.26. The number of hydrogen-bond acceptors (Lipinski definition) is 1. The molecule has 1 heterocycles. The summed E-state index contributed by atoms with van der Waals surface area (Å²) < 4.78 is 5.43. The van der Waals surface area contributed by atoms with E-state index in [4.69, 9.17) is 4.74 Å². The maximum Gasteiger partial charge on any atom is 0.0474 e. The average molecular weight is 269 g/mol. The summed E-state index contributed by atoms with van der Waals surface area (Å²) in [5.74, 6) is 0. The highest BCUT2D eigenvalue weighted by Gasteiger charge is 2.29. The Bertz CT molecular complexity index is 329. The summed E-state index contributed by atoms with van der Waals surface area (Å²) in [5.41, 5.74) is 3.14. The van der Waals surface area contributed by atoms with Crippen molar-refractivity contribution in [3.8, 4) is 0 Å². The molecule has 0 unspecified atom stereocenters. The summed E-state index contributed by atoms with van der Waals surface area (Å²) in [6, 6.07) is 8.89. The highest BCUT2D eigenvalue weighted by atomic mass is 79.9. The van der Waals surface area contributed by atoms with Gasteiger partial charge in [-0.15, -0.1) is 0 Å². The van der Waals surface area contributed by atoms with Crippen LogP contribution in [-0.4, -0.2) is 13.2 Å². The fraction of sp³-hybridized carbons (Fsp3) is 0.538. The molecule has 0 atom stereocenters. The maximum absolute atomic E-state index is 5.43. The predicted octanol–water partition coefficient (Wildman–Crippen LogP) is 3.65. The highest BCUT2D eigenvalue weighted by molar-refractivity contribution is 9.08. The summed E-state index contributed by atoms with van der Waals surface area (Å²) in [7, 11) is 0. The van der Waals surface area contributed by atoms with E-state index in [1.165, 1.54) is 11.1 Å². The number of hydrogen-bond donors (Lipinski definition) is 0. The third-order valence-corrected chi connectivity index (χ3v) is 4.02. The zero-order valence-electron chi connectivity index (χ0n) is 9.13. The van der Waals surface area contributed by atoms with E-state index in [1.807, 2.05) is 0 Å². The van der Waals surface area contributed by atoms with Gasteiger partial charge in [0.05, 0.1) is 0 Å². The largest absolute Gasteiger partial charge is 0.381 e. The van der Waals surface area contributed by atoms with Crippen LogP contribution in [0.15, 0.2) is 24.3 Å². The van der Waals surface area contributed by atoms with Gasteiger partial charge >= 0.3 is 0 Å². The van der Waals surface area contributed by atoms with Crippen LogP contribution >= 0.6 is 15.9 Å². The topological polar surface area (TPSA) is 9.23 Å². The van der Waals surface area contributed by atoms with Gasteiger partial charge in [-0.05, 0) is 29.4 Å². The Morgan fingerprint density at radius 3 is 2.73 bits per heavy atom. The summed E-state index contributed by atoms with van der Waals surface area (Å²) in [5, 5.41) is 0.938. The molecule has 0 bridgehead atoms. The molecule has 15 heavy (non-hydrogen) atoms. The van der Waals surface area contributed by atoms with Gasteiger partial charge < -0.3 is 4.74 Å². The van der Waals surface area contributed by atoms with Crippen molar-refractivity contribution >= 4 is 15.9 Å². The van der Waals surface area contributed by atoms with E-state index in [0.29, 0.717) is 5.41 Å². The van der Waals surface area contributed by atoms with Gasteiger partial charge in [0.25, 0.3) is 0 Å². The maximum atomic E-state index is 5.43. The molecule has 0 radical (unpaired) electrons. The Kier molecular flexibility index (Phi) is 3.47. The van der Waals surface area contributed by atoms with Gasteiger partial charge in [-0.25, -0.2) is 0 Å². The van der Waals surface area contributed by atoms with E-state index >= 15 is 0 Å². The molecule has 0 amide bonds. The minimum Gasteiger partial charge on any atom is -0.381 e. The third kappa shape index (κ3) is 2.43. The molecule has 0 spiro atoms. The van der Waals surface area contributed by atoms with Gasteiger partial charge in [-0.3, -0.25) is 0 Å². The lowest BCUT2D eigenvalue weighted by atomic mass is 9.76. The first-order chi connectivity index (χ1) is 7.24. The Labute approximate surface area is 100.0 Å². The second-order valence-electron chi connectivity index (χ2n) is 4.51. The summed E-state index contributed by atoms with van der Waals surface area (Å²) in [6.07, 6.45) is 2.28. The van der Waals surface area contributed by atoms with Crippen LogP contribution in [0.2, 0.25) is 0 Å². The molecule has 1 aliphatic heterocycles. The number of alkyl halides is 1. The normalized spacial score (nSPS) is 20.1. The Morgan fingerprint density at radius 2 is 2.07 bits per heavy atom. The van der Waals surface area contributed by atoms with Gasteiger partial charge in [-0.2, -0.15) is 0 Å². The van der Waals surface area contributed by atoms with Crippen LogP contribution < -0.4 is 0 Å². The van der Waals surface area contributed by atoms with Gasteiger partial charge in [0.2, 0.25) is 0 Å². The van der Waals surface area contributed by atoms with E-state index in [-0.39, 0.29) is 0 Å². The molecule has 1 nitrogen and oxygen atoms in total. The lowest BCUT2D eigenvalue weighted by Crippen LogP contribution is -2.30. The molecular formula is C13H17BrO. The van der Waals surface area contributed by atoms with Crippen LogP contribution in [0.25, 0.3) is 0 Å². The molecule has 1 aliphatic rings. The van der Waals surface area contributed by atoms with Crippen molar-refractivity contribution in [1.29, 1.82) is 0 Å². The molecule has 82 valence electrons. The molecule has 0 aliphatic carbocycles. The molecule has 1 saturated heterocycles. The standard InChI is InChI=1S/C13H17BrO/c1-13(5-7-15-8-6-13)12-4-2-3-11(9-12)10-14/h2-4,9H,5-8,10H2,1H3. The number of halogens is 1. The first kappa shape index (κ1) is 11.2. The van der Waals surface area contributed by atoms with Crippen LogP contribution in [0.3, 0.4) is 0 Å². The van der Waals surface area contributed by atoms with Gasteiger partial charge in [0.1, 0.15) is 0 Å². The summed E-state index contributed by atoms with van der Waals surface area (Å²) in [6.45, 7) is 4.15. The van der Waals surface area contributed by atoms with E-state index in [1.54, 1.807) is 0 Å². The molecule has 1 aromatic rings. The lowest BCUT2D eigenvalue weighted by molar-refractivity contribution is 0.0564. The number of ether oxygens (including phenoxy) is 1. The molecule has 1 aromatic carbocycles. The lowest BCUT2D eigenvalue weighted by Gasteiger charge is -2.34. The molecule has 0 aromatic heterocycles. The van der Waals surface area contributed by atoms with Crippen LogP contribution in [-0.2, 0) is 15.5 Å². The van der Waals surface area contributed by atoms with Crippen molar-refractivity contribution in [3.05, 3.63) is 35.4 Å². The first-order valence-electron chi connectivity index (χ1n) is 5.48. The first-order valence-corrected chi connectivity index (χ1v) is 6.60. The van der Waals surface area contributed by atoms with Crippen molar-refractivity contribution in [2.24, 2.45) is 0 Å². The van der Waals surface area contributed by atoms with E-state index < -0.39 is 0 Å². The SMILES string of the molecule is CC1(c2cccc(CBr)c2)CCOCC1. The quantitative estimate of drug-likeness (QED) is 0.745. The second kappa shape index (κ2) is 4.67. The van der Waals surface area contributed by atoms with Gasteiger partial charge in [0, 0.05) is 18.5 Å². The average Bonchev–Trinajstić information content (AvgIpc) is 2.30. The monoisotopic (exact) mass is 268 g/mol. The molecular weight excluding hydrogens is 252 g/mol. The predicted molar refractivity (Wildman–Crippen MR) is 66.5 cm³/mol. The zero-order valence-corrected chi connectivity index (χ0v) is 10.7. The van der Waals surface area contributed by atoms with E-state index in [0.717, 1.165) is 31.4 Å². The van der Waals surface area contributed by atoms with Crippen LogP contribution in [0.4, 0.5) is 0 Å². The van der Waals surface area contributed by atoms with E-state index in [9.17, 15) is 0 Å². The number of rotatable bonds is 2. The fourth-order valence-electron chi connectivity index (χ4n) is 2.14. The minimum absolute atomic E-state index is 0.316. The van der Waals surface area contributed by atoms with Crippen LogP contribution in [0, 0.1) is 0 Å². The van der Waals surface area contributed by atoms with Crippen molar-refractivity contribution in [2.75, 3.05) is 13.2 Å². The third-order valence-electron chi connectivity index (χ3n) is 3.37. The summed E-state index contributed by atoms with van der Waals surface area (Å²) in [4.78, 5) is 0. The zero-order chi connectivity index (χ0) is 10.7. The smallest absolute Gasteiger partial charge is 0.0474 e. The van der Waals surface area contributed by atoms with Gasteiger partial charge in [-0.1, -0.05) is 47.1 Å². The molecule has 2 rings (SSSR count). The van der Waals surface area contributed by atoms with Crippen molar-refractivity contribution in [1.82, 2.24) is 0 Å². The van der Waals surface area contributed by atoms with Crippen molar-refractivity contribution in [2.45, 2.75) is 30.5 Å². The Morgan fingerprint density at radius 1 is 1.33 bits per heavy atom. The van der Waals surface area contributed by atoms with Crippen molar-refractivity contribution < 1.29 is 4.74 Å². The minimum atomic E-state index is 0.316. The fourth-order valence-corrected chi connectivity index (χ4v) is 2.49. The Hall–Kier alpha value is -0.340. The van der Waals surface area contributed by atoms with E-state index in [2.05, 4.69) is 47.1 Å². The molecule has 0 saturated carbocycles. The molecule has 1 fully saturated rings.